The van der Waals surface area contributed by atoms with Crippen molar-refractivity contribution in [2.45, 2.75) is 37.9 Å². The smallest absolute Gasteiger partial charge is 0.328 e. The van der Waals surface area contributed by atoms with Crippen LogP contribution in [0.2, 0.25) is 15.1 Å². The van der Waals surface area contributed by atoms with Gasteiger partial charge in [0.05, 0.1) is 28.2 Å². The lowest BCUT2D eigenvalue weighted by Crippen LogP contribution is -2.50. The van der Waals surface area contributed by atoms with Crippen molar-refractivity contribution in [3.05, 3.63) is 103 Å². The van der Waals surface area contributed by atoms with Crippen molar-refractivity contribution in [1.82, 2.24) is 20.9 Å². The summed E-state index contributed by atoms with van der Waals surface area (Å²) in [6.45, 7) is 0.218. The SMILES string of the molecule is O=C(NCC(NC(=O)c1c(Cl)cc2c(c1Cl)CCN(C(=O)c1cccc(Cl)c1)C2)C(=O)O)NC1CCc2ccccc21. The minimum Gasteiger partial charge on any atom is -0.480 e. The van der Waals surface area contributed by atoms with Crippen LogP contribution in [0.3, 0.4) is 0 Å². The van der Waals surface area contributed by atoms with Gasteiger partial charge in [-0.15, -0.1) is 0 Å². The highest BCUT2D eigenvalue weighted by atomic mass is 35.5. The summed E-state index contributed by atoms with van der Waals surface area (Å²) >= 11 is 19.1. The number of urea groups is 1. The van der Waals surface area contributed by atoms with Gasteiger partial charge in [-0.2, -0.15) is 0 Å². The molecule has 1 aliphatic heterocycles. The number of nitrogens with one attached hydrogen (secondary N) is 3. The topological polar surface area (TPSA) is 128 Å². The zero-order valence-corrected chi connectivity index (χ0v) is 24.5. The molecular weight excluding hydrogens is 603 g/mol. The number of carboxylic acid groups (broad SMARTS) is 1. The van der Waals surface area contributed by atoms with Crippen LogP contribution in [0.15, 0.2) is 54.6 Å². The number of carboxylic acids is 1. The van der Waals surface area contributed by atoms with E-state index in [1.54, 1.807) is 35.2 Å². The molecular formula is C30H27Cl3N4O5. The number of hydrogen-bond donors (Lipinski definition) is 4. The molecule has 42 heavy (non-hydrogen) atoms. The minimum absolute atomic E-state index is 0.0167. The quantitative estimate of drug-likeness (QED) is 0.292. The Morgan fingerprint density at radius 2 is 1.76 bits per heavy atom. The number of rotatable bonds is 7. The van der Waals surface area contributed by atoms with Gasteiger partial charge in [-0.25, -0.2) is 9.59 Å². The van der Waals surface area contributed by atoms with Crippen molar-refractivity contribution in [2.24, 2.45) is 0 Å². The molecule has 3 aromatic rings. The average molecular weight is 630 g/mol. The van der Waals surface area contributed by atoms with Crippen molar-refractivity contribution >= 4 is 58.6 Å². The molecule has 1 aliphatic carbocycles. The first-order valence-electron chi connectivity index (χ1n) is 13.3. The summed E-state index contributed by atoms with van der Waals surface area (Å²) in [6.07, 6.45) is 1.95. The van der Waals surface area contributed by atoms with E-state index in [1.165, 1.54) is 0 Å². The van der Waals surface area contributed by atoms with Crippen LogP contribution >= 0.6 is 34.8 Å². The molecule has 5 rings (SSSR count). The normalized spacial score (nSPS) is 16.2. The first-order chi connectivity index (χ1) is 20.1. The Morgan fingerprint density at radius 1 is 0.976 bits per heavy atom. The minimum atomic E-state index is -1.44. The highest BCUT2D eigenvalue weighted by Gasteiger charge is 2.30. The molecule has 0 radical (unpaired) electrons. The Balaban J connectivity index is 1.23. The maximum absolute atomic E-state index is 13.2. The summed E-state index contributed by atoms with van der Waals surface area (Å²) in [4.78, 5) is 52.3. The molecule has 0 saturated heterocycles. The molecule has 0 aromatic heterocycles. The zero-order valence-electron chi connectivity index (χ0n) is 22.3. The maximum atomic E-state index is 13.2. The van der Waals surface area contributed by atoms with E-state index in [0.29, 0.717) is 34.7 Å². The van der Waals surface area contributed by atoms with Gasteiger partial charge in [0, 0.05) is 23.7 Å². The number of halogens is 3. The van der Waals surface area contributed by atoms with Crippen molar-refractivity contribution < 1.29 is 24.3 Å². The lowest BCUT2D eigenvalue weighted by atomic mass is 9.96. The molecule has 3 aromatic carbocycles. The van der Waals surface area contributed by atoms with Gasteiger partial charge in [-0.1, -0.05) is 65.1 Å². The van der Waals surface area contributed by atoms with E-state index in [-0.39, 0.29) is 40.6 Å². The van der Waals surface area contributed by atoms with Gasteiger partial charge in [-0.05, 0) is 65.8 Å². The van der Waals surface area contributed by atoms with E-state index >= 15 is 0 Å². The molecule has 2 aliphatic rings. The Hall–Kier alpha value is -3.79. The van der Waals surface area contributed by atoms with Crippen LogP contribution < -0.4 is 16.0 Å². The highest BCUT2D eigenvalue weighted by molar-refractivity contribution is 6.40. The number of benzene rings is 3. The molecule has 0 bridgehead atoms. The molecule has 2 unspecified atom stereocenters. The number of carbonyl (C=O) groups is 4. The Bertz CT molecular complexity index is 1580. The predicted molar refractivity (Wildman–Crippen MR) is 159 cm³/mol. The molecule has 9 nitrogen and oxygen atoms in total. The van der Waals surface area contributed by atoms with E-state index < -0.39 is 23.9 Å². The number of hydrogen-bond acceptors (Lipinski definition) is 4. The molecule has 12 heteroatoms. The van der Waals surface area contributed by atoms with E-state index in [0.717, 1.165) is 24.0 Å². The predicted octanol–water partition coefficient (Wildman–Crippen LogP) is 5.02. The number of carbonyl (C=O) groups excluding carboxylic acids is 3. The fourth-order valence-corrected chi connectivity index (χ4v) is 6.33. The van der Waals surface area contributed by atoms with Crippen molar-refractivity contribution in [2.75, 3.05) is 13.1 Å². The van der Waals surface area contributed by atoms with Crippen LogP contribution in [-0.4, -0.2) is 53.0 Å². The summed E-state index contributed by atoms with van der Waals surface area (Å²) in [5.41, 5.74) is 3.92. The van der Waals surface area contributed by atoms with Gasteiger partial charge < -0.3 is 26.0 Å². The summed E-state index contributed by atoms with van der Waals surface area (Å²) in [5.74, 6) is -2.32. The van der Waals surface area contributed by atoms with Crippen LogP contribution in [0.5, 0.6) is 0 Å². The average Bonchev–Trinajstić information content (AvgIpc) is 3.36. The molecule has 4 N–H and O–H groups in total. The first-order valence-corrected chi connectivity index (χ1v) is 14.5. The zero-order chi connectivity index (χ0) is 30.0. The third kappa shape index (κ3) is 6.33. The lowest BCUT2D eigenvalue weighted by Gasteiger charge is -2.30. The molecule has 0 fully saturated rings. The number of fused-ring (bicyclic) bond motifs is 2. The number of aryl methyl sites for hydroxylation is 1. The van der Waals surface area contributed by atoms with Gasteiger partial charge in [0.2, 0.25) is 0 Å². The fourth-order valence-electron chi connectivity index (χ4n) is 5.38. The van der Waals surface area contributed by atoms with Crippen molar-refractivity contribution in [1.29, 1.82) is 0 Å². The van der Waals surface area contributed by atoms with Gasteiger partial charge >= 0.3 is 12.0 Å². The highest BCUT2D eigenvalue weighted by Crippen LogP contribution is 2.35. The summed E-state index contributed by atoms with van der Waals surface area (Å²) in [6, 6.07) is 13.9. The third-order valence-electron chi connectivity index (χ3n) is 7.50. The molecule has 0 spiro atoms. The lowest BCUT2D eigenvalue weighted by molar-refractivity contribution is -0.139. The van der Waals surface area contributed by atoms with Gasteiger partial charge in [0.1, 0.15) is 6.04 Å². The van der Waals surface area contributed by atoms with Gasteiger partial charge in [0.25, 0.3) is 11.8 Å². The standard InChI is InChI=1S/C30H27Cl3N4O5/c31-19-6-3-5-17(12-19)28(39)37-11-10-21-18(15-37)13-22(32)25(26(21)33)27(38)35-24(29(40)41)14-34-30(42)36-23-9-8-16-4-1-2-7-20(16)23/h1-7,12-13,23-24H,8-11,14-15H2,(H,35,38)(H,40,41)(H2,34,36,42). The van der Waals surface area contributed by atoms with Crippen LogP contribution in [0.4, 0.5) is 4.79 Å². The molecule has 4 amide bonds. The Kier molecular flexibility index (Phi) is 8.91. The van der Waals surface area contributed by atoms with Crippen LogP contribution in [0.25, 0.3) is 0 Å². The molecule has 2 atom stereocenters. The molecule has 218 valence electrons. The first kappa shape index (κ1) is 29.7. The summed E-state index contributed by atoms with van der Waals surface area (Å²) < 4.78 is 0. The van der Waals surface area contributed by atoms with Crippen LogP contribution in [0, 0.1) is 0 Å². The van der Waals surface area contributed by atoms with Crippen LogP contribution in [0.1, 0.15) is 55.4 Å². The van der Waals surface area contributed by atoms with Gasteiger partial charge in [0.15, 0.2) is 0 Å². The van der Waals surface area contributed by atoms with E-state index in [2.05, 4.69) is 16.0 Å². The molecule has 0 saturated carbocycles. The third-order valence-corrected chi connectivity index (χ3v) is 8.45. The number of amides is 4. The van der Waals surface area contributed by atoms with E-state index in [4.69, 9.17) is 34.8 Å². The second-order valence-electron chi connectivity index (χ2n) is 10.2. The van der Waals surface area contributed by atoms with Crippen LogP contribution in [-0.2, 0) is 24.2 Å². The largest absolute Gasteiger partial charge is 0.480 e. The van der Waals surface area contributed by atoms with E-state index in [1.807, 2.05) is 24.3 Å². The van der Waals surface area contributed by atoms with Crippen molar-refractivity contribution in [3.63, 3.8) is 0 Å². The maximum Gasteiger partial charge on any atom is 0.328 e. The van der Waals surface area contributed by atoms with Gasteiger partial charge in [-0.3, -0.25) is 9.59 Å². The Morgan fingerprint density at radius 3 is 2.52 bits per heavy atom. The van der Waals surface area contributed by atoms with E-state index in [9.17, 15) is 24.3 Å². The number of aliphatic carboxylic acids is 1. The second-order valence-corrected chi connectivity index (χ2v) is 11.4. The molecule has 1 heterocycles. The second kappa shape index (κ2) is 12.6. The number of nitrogens with zero attached hydrogens (tertiary/aromatic N) is 1. The monoisotopic (exact) mass is 628 g/mol. The fraction of sp³-hybridized carbons (Fsp3) is 0.267. The summed E-state index contributed by atoms with van der Waals surface area (Å²) in [7, 11) is 0. The Labute approximate surface area is 257 Å². The van der Waals surface area contributed by atoms with Crippen molar-refractivity contribution in [3.8, 4) is 0 Å². The summed E-state index contributed by atoms with van der Waals surface area (Å²) in [5, 5.41) is 18.1.